The fraction of sp³-hybridized carbons (Fsp3) is 0.286. The zero-order valence-corrected chi connectivity index (χ0v) is 64.1. The molecule has 3 fully saturated rings. The summed E-state index contributed by atoms with van der Waals surface area (Å²) < 4.78 is 32.0. The molecule has 1 atom stereocenters. The average Bonchev–Trinajstić information content (AvgIpc) is 1.76. The van der Waals surface area contributed by atoms with Gasteiger partial charge in [0.1, 0.15) is 0 Å². The van der Waals surface area contributed by atoms with Gasteiger partial charge >= 0.3 is 29.6 Å². The number of hydrogen-bond acceptors (Lipinski definition) is 10. The number of aldehydes is 1. The third-order valence-corrected chi connectivity index (χ3v) is 21.5. The van der Waals surface area contributed by atoms with Crippen LogP contribution < -0.4 is 34.4 Å². The Labute approximate surface area is 656 Å². The number of Topliss-reactive ketones (excluding diaryl/α,β-unsaturated/α-hetero) is 1. The number of imidazole rings is 4. The van der Waals surface area contributed by atoms with Crippen LogP contribution in [0.4, 0.5) is 0 Å². The summed E-state index contributed by atoms with van der Waals surface area (Å²) in [4.78, 5) is 42.5. The second kappa shape index (κ2) is 37.9. The molecular formula is C77H78BCl7N10NaO5S. The summed E-state index contributed by atoms with van der Waals surface area (Å²) in [5, 5.41) is 19.9. The number of nitrogens with zero attached hydrogens (tertiary/aromatic N) is 9. The van der Waals surface area contributed by atoms with E-state index in [1.165, 1.54) is 22.4 Å². The molecule has 0 bridgehead atoms. The molecule has 0 spiro atoms. The van der Waals surface area contributed by atoms with Crippen LogP contribution in [0.2, 0.25) is 35.2 Å². The summed E-state index contributed by atoms with van der Waals surface area (Å²) >= 11 is 41.9. The van der Waals surface area contributed by atoms with E-state index in [0.29, 0.717) is 44.1 Å². The van der Waals surface area contributed by atoms with Gasteiger partial charge in [-0.25, -0.2) is 24.8 Å². The van der Waals surface area contributed by atoms with Gasteiger partial charge in [0.15, 0.2) is 12.1 Å². The Morgan fingerprint density at radius 3 is 1.57 bits per heavy atom. The van der Waals surface area contributed by atoms with Crippen molar-refractivity contribution in [1.82, 2.24) is 42.4 Å². The monoisotopic (exact) mass is 1530 g/mol. The number of carbonyl (C=O) groups excluding carboxylic acids is 2. The molecule has 4 aromatic carbocycles. The number of aromatic nitrogens is 8. The van der Waals surface area contributed by atoms with Crippen molar-refractivity contribution in [1.29, 1.82) is 0 Å². The van der Waals surface area contributed by atoms with Crippen molar-refractivity contribution >= 4 is 139 Å². The maximum atomic E-state index is 13.0. The minimum absolute atomic E-state index is 0. The molecule has 2 N–H and O–H groups in total. The molecule has 3 radical (unpaired) electrons. The van der Waals surface area contributed by atoms with E-state index < -0.39 is 16.1 Å². The number of pyridine rings is 4. The van der Waals surface area contributed by atoms with Gasteiger partial charge in [-0.15, -0.1) is 0 Å². The maximum Gasteiger partial charge on any atom is 1.00 e. The molecule has 3 aliphatic carbocycles. The maximum absolute atomic E-state index is 13.0. The summed E-state index contributed by atoms with van der Waals surface area (Å²) in [7, 11) is -3.60. The molecule has 8 aromatic heterocycles. The van der Waals surface area contributed by atoms with Gasteiger partial charge in [0.05, 0.1) is 98.9 Å². The van der Waals surface area contributed by atoms with E-state index in [1.54, 1.807) is 90.6 Å². The smallest absolute Gasteiger partial charge is 1.00 e. The third kappa shape index (κ3) is 20.9. The summed E-state index contributed by atoms with van der Waals surface area (Å²) in [5.41, 5.74) is 12.8. The number of nitrogens with one attached hydrogen (secondary N) is 1. The first-order chi connectivity index (χ1) is 47.8. The number of aryl methyl sites for hydroxylation is 2. The second-order valence-electron chi connectivity index (χ2n) is 25.2. The van der Waals surface area contributed by atoms with E-state index in [9.17, 15) is 23.1 Å². The average molecular weight is 1540 g/mol. The summed E-state index contributed by atoms with van der Waals surface area (Å²) in [5.74, 6) is 2.03. The Balaban J connectivity index is 0.000000184. The van der Waals surface area contributed by atoms with Crippen LogP contribution in [0.3, 0.4) is 0 Å². The number of halogens is 7. The number of carbonyl (C=O) groups is 2. The van der Waals surface area contributed by atoms with Crippen LogP contribution in [-0.2, 0) is 16.4 Å². The van der Waals surface area contributed by atoms with Gasteiger partial charge in [-0.3, -0.25) is 14.0 Å². The van der Waals surface area contributed by atoms with Crippen LogP contribution >= 0.6 is 81.2 Å². The van der Waals surface area contributed by atoms with Gasteiger partial charge < -0.3 is 19.7 Å². The molecule has 3 saturated carbocycles. The Morgan fingerprint density at radius 1 is 0.578 bits per heavy atom. The van der Waals surface area contributed by atoms with Crippen LogP contribution in [0, 0.1) is 18.8 Å². The molecule has 8 heterocycles. The molecule has 0 aliphatic heterocycles. The van der Waals surface area contributed by atoms with Crippen molar-refractivity contribution in [2.45, 2.75) is 133 Å². The number of fused-ring (bicyclic) bond motifs is 4. The van der Waals surface area contributed by atoms with Gasteiger partial charge in [0, 0.05) is 74.4 Å². The van der Waals surface area contributed by atoms with Gasteiger partial charge in [-0.2, -0.15) is 13.5 Å². The number of sulfonamides is 1. The Bertz CT molecular complexity index is 4890. The Morgan fingerprint density at radius 2 is 1.04 bits per heavy atom. The van der Waals surface area contributed by atoms with Gasteiger partial charge in [-0.1, -0.05) is 150 Å². The molecule has 3 aliphatic rings. The molecular weight excluding hydrogens is 1460 g/mol. The quantitative estimate of drug-likeness (QED) is 0.0520. The van der Waals surface area contributed by atoms with Crippen molar-refractivity contribution in [3.63, 3.8) is 0 Å². The van der Waals surface area contributed by atoms with Crippen LogP contribution in [0.15, 0.2) is 206 Å². The standard InChI is InChI=1S/C20H20Cl2N2O.C20H18Cl2N2O.C19H21ClN2O2S.C9H9ClN2.C8H5ClN2O.CH4.B.Na.H/c2*21-16-7-5-14(6-8-16)13-1-3-15(4-2-13)20(25)18-9-17(22)11-24-12-23-10-19(18)24;1-14-2-12-19(13-3-14)25(23,24)22-21-18-10-6-16(7-11-18)15-4-8-17(20)9-5-15;1-2-8-3-7(10)4-9-5-11-6-12(8)9;9-6-1-7-3-10-5-11(7)8(2-6)4-12;;;;/h5-13,15,20,25H,1-4H2;5-13,15H,1-4H2;2-5,8-9,12-13,16,22H,6-7,10-11H2,1H3;3-6H,2H2,1H3;1-5H;1H4;;;/q;;;;;;;+1;-1. The van der Waals surface area contributed by atoms with Crippen molar-refractivity contribution in [3.8, 4) is 0 Å². The number of aliphatic hydroxyl groups excluding tert-OH is 1. The first-order valence-electron chi connectivity index (χ1n) is 32.8. The van der Waals surface area contributed by atoms with E-state index in [-0.39, 0.29) is 69.3 Å². The summed E-state index contributed by atoms with van der Waals surface area (Å²) in [6.45, 7) is 4.02. The Kier molecular flexibility index (Phi) is 30.2. The van der Waals surface area contributed by atoms with Crippen molar-refractivity contribution < 1.29 is 54.1 Å². The molecule has 525 valence electrons. The van der Waals surface area contributed by atoms with Crippen LogP contribution in [0.5, 0.6) is 0 Å². The van der Waals surface area contributed by atoms with E-state index in [1.807, 2.05) is 93.4 Å². The van der Waals surface area contributed by atoms with E-state index >= 15 is 0 Å². The molecule has 102 heavy (non-hydrogen) atoms. The minimum Gasteiger partial charge on any atom is -1.00 e. The van der Waals surface area contributed by atoms with Crippen molar-refractivity contribution in [3.05, 3.63) is 276 Å². The van der Waals surface area contributed by atoms with Crippen molar-refractivity contribution in [2.24, 2.45) is 16.9 Å². The summed E-state index contributed by atoms with van der Waals surface area (Å²) in [6, 6.07) is 41.8. The predicted octanol–water partition coefficient (Wildman–Crippen LogP) is 17.8. The fourth-order valence-electron chi connectivity index (χ4n) is 13.3. The van der Waals surface area contributed by atoms with Crippen LogP contribution in [-0.4, -0.2) is 77.3 Å². The largest absolute Gasteiger partial charge is 1.00 e. The first-order valence-corrected chi connectivity index (χ1v) is 36.9. The predicted molar refractivity (Wildman–Crippen MR) is 412 cm³/mol. The fourth-order valence-corrected chi connectivity index (χ4v) is 15.5. The molecule has 0 amide bonds. The number of ketones is 1. The number of hydrogen-bond donors (Lipinski definition) is 2. The second-order valence-corrected chi connectivity index (χ2v) is 29.9. The van der Waals surface area contributed by atoms with Gasteiger partial charge in [0.25, 0.3) is 10.0 Å². The molecule has 25 heteroatoms. The molecule has 12 aromatic rings. The minimum atomic E-state index is -3.60. The number of rotatable bonds is 12. The summed E-state index contributed by atoms with van der Waals surface area (Å²) in [6.07, 6.45) is 30.1. The SMILES string of the molecule is C.CCc1cc(Cl)cc2cncn12.Cc1ccc(S(=O)(=O)NN=C2CCC(c3ccc(Cl)cc3)CC2)cc1.O=C(c1cc(Cl)cn2cncc12)C1CCC(c2ccc(Cl)cc2)CC1.O=Cc1cc(Cl)cc2cncn12.OC(c1cc(Cl)cn2cncc12)C1CCC(c2ccc(Cl)cc2)CC1.[B].[H-].[Na+]. The Hall–Kier alpha value is -6.55. The zero-order valence-electron chi connectivity index (χ0n) is 56.9. The van der Waals surface area contributed by atoms with E-state index in [0.717, 1.165) is 149 Å². The molecule has 15 rings (SSSR count). The van der Waals surface area contributed by atoms with Gasteiger partial charge in [-0.05, 0) is 216 Å². The number of hydrazone groups is 1. The van der Waals surface area contributed by atoms with Gasteiger partial charge in [0.2, 0.25) is 0 Å². The molecule has 15 nitrogen and oxygen atoms in total. The topological polar surface area (TPSA) is 182 Å². The van der Waals surface area contributed by atoms with Crippen molar-refractivity contribution in [2.75, 3.05) is 0 Å². The van der Waals surface area contributed by atoms with E-state index in [2.05, 4.69) is 73.2 Å². The zero-order chi connectivity index (χ0) is 69.7. The first kappa shape index (κ1) is 81.1. The number of aliphatic hydroxyl groups is 1. The number of benzene rings is 4. The molecule has 0 saturated heterocycles. The third-order valence-electron chi connectivity index (χ3n) is 18.7. The van der Waals surface area contributed by atoms with E-state index in [4.69, 9.17) is 81.2 Å². The molecule has 1 unspecified atom stereocenters. The normalized spacial score (nSPS) is 17.4. The van der Waals surface area contributed by atoms with Crippen LogP contribution in [0.25, 0.3) is 22.1 Å². The van der Waals surface area contributed by atoms with Crippen LogP contribution in [0.1, 0.15) is 171 Å².